The summed E-state index contributed by atoms with van der Waals surface area (Å²) >= 11 is 0. The fourth-order valence-corrected chi connectivity index (χ4v) is 1.77. The van der Waals surface area contributed by atoms with Crippen LogP contribution in [0.5, 0.6) is 5.75 Å². The second-order valence-corrected chi connectivity index (χ2v) is 4.01. The first-order valence-corrected chi connectivity index (χ1v) is 5.92. The van der Waals surface area contributed by atoms with E-state index in [1.165, 1.54) is 0 Å². The number of ether oxygens (including phenoxy) is 3. The summed E-state index contributed by atoms with van der Waals surface area (Å²) in [6.07, 6.45) is 0.892. The molecule has 1 heterocycles. The molecule has 1 amide bonds. The topological polar surface area (TPSA) is 56.8 Å². The number of amides is 1. The molecule has 0 spiro atoms. The van der Waals surface area contributed by atoms with Crippen LogP contribution in [-0.4, -0.2) is 39.4 Å². The van der Waals surface area contributed by atoms with Crippen LogP contribution in [0.2, 0.25) is 0 Å². The van der Waals surface area contributed by atoms with E-state index in [-0.39, 0.29) is 12.5 Å². The molecule has 0 unspecified atom stereocenters. The molecule has 0 saturated carbocycles. The number of carbonyl (C=O) groups is 1. The van der Waals surface area contributed by atoms with Gasteiger partial charge in [-0.25, -0.2) is 0 Å². The molecule has 0 fully saturated rings. The number of fused-ring (bicyclic) bond motifs is 1. The van der Waals surface area contributed by atoms with Crippen molar-refractivity contribution in [3.63, 3.8) is 0 Å². The highest BCUT2D eigenvalue weighted by molar-refractivity contribution is 5.91. The predicted octanol–water partition coefficient (Wildman–Crippen LogP) is 1.22. The Morgan fingerprint density at radius 3 is 3.17 bits per heavy atom. The van der Waals surface area contributed by atoms with E-state index < -0.39 is 0 Å². The van der Waals surface area contributed by atoms with Gasteiger partial charge in [-0.1, -0.05) is 0 Å². The number of benzene rings is 1. The quantitative estimate of drug-likeness (QED) is 0.772. The van der Waals surface area contributed by atoms with Gasteiger partial charge in [0.1, 0.15) is 12.4 Å². The minimum Gasteiger partial charge on any atom is -0.493 e. The zero-order chi connectivity index (χ0) is 12.8. The molecule has 0 aromatic heterocycles. The molecule has 0 radical (unpaired) electrons. The normalized spacial score (nSPS) is 12.9. The number of nitrogens with one attached hydrogen (secondary N) is 1. The smallest absolute Gasteiger partial charge is 0.250 e. The molecule has 0 saturated heterocycles. The summed E-state index contributed by atoms with van der Waals surface area (Å²) in [5, 5.41) is 2.79. The van der Waals surface area contributed by atoms with Gasteiger partial charge >= 0.3 is 0 Å². The van der Waals surface area contributed by atoms with Crippen molar-refractivity contribution in [2.24, 2.45) is 0 Å². The van der Waals surface area contributed by atoms with E-state index in [4.69, 9.17) is 14.2 Å². The maximum absolute atomic E-state index is 11.6. The molecular weight excluding hydrogens is 234 g/mol. The van der Waals surface area contributed by atoms with Gasteiger partial charge in [0.25, 0.3) is 0 Å². The van der Waals surface area contributed by atoms with Crippen LogP contribution < -0.4 is 10.1 Å². The zero-order valence-electron chi connectivity index (χ0n) is 10.4. The first kappa shape index (κ1) is 12.9. The van der Waals surface area contributed by atoms with Gasteiger partial charge in [0.2, 0.25) is 5.91 Å². The van der Waals surface area contributed by atoms with Crippen LogP contribution in [0.4, 0.5) is 5.69 Å². The Morgan fingerprint density at radius 2 is 2.33 bits per heavy atom. The molecule has 1 aliphatic rings. The Balaban J connectivity index is 1.80. The molecule has 0 bridgehead atoms. The van der Waals surface area contributed by atoms with Gasteiger partial charge in [0.05, 0.1) is 19.8 Å². The highest BCUT2D eigenvalue weighted by Crippen LogP contribution is 2.27. The van der Waals surface area contributed by atoms with E-state index in [2.05, 4.69) is 5.32 Å². The van der Waals surface area contributed by atoms with E-state index in [0.717, 1.165) is 23.4 Å². The largest absolute Gasteiger partial charge is 0.493 e. The van der Waals surface area contributed by atoms with Crippen LogP contribution in [-0.2, 0) is 20.7 Å². The molecular formula is C13H17NO4. The number of anilines is 1. The minimum absolute atomic E-state index is 0.0386. The van der Waals surface area contributed by atoms with Crippen molar-refractivity contribution in [3.8, 4) is 5.75 Å². The van der Waals surface area contributed by atoms with E-state index >= 15 is 0 Å². The summed E-state index contributed by atoms with van der Waals surface area (Å²) in [6, 6.07) is 5.65. The average Bonchev–Trinajstić information content (AvgIpc) is 2.82. The summed E-state index contributed by atoms with van der Waals surface area (Å²) in [5.41, 5.74) is 1.91. The molecule has 5 heteroatoms. The molecule has 0 aliphatic carbocycles. The van der Waals surface area contributed by atoms with Crippen molar-refractivity contribution >= 4 is 11.6 Å². The van der Waals surface area contributed by atoms with Crippen molar-refractivity contribution in [3.05, 3.63) is 23.8 Å². The van der Waals surface area contributed by atoms with Crippen molar-refractivity contribution in [1.82, 2.24) is 0 Å². The number of hydrogen-bond donors (Lipinski definition) is 1. The Bertz CT molecular complexity index is 419. The molecule has 1 aromatic carbocycles. The lowest BCUT2D eigenvalue weighted by molar-refractivity contribution is -0.121. The van der Waals surface area contributed by atoms with Gasteiger partial charge in [0, 0.05) is 19.2 Å². The molecule has 98 valence electrons. The summed E-state index contributed by atoms with van der Waals surface area (Å²) in [7, 11) is 1.59. The predicted molar refractivity (Wildman–Crippen MR) is 67.0 cm³/mol. The van der Waals surface area contributed by atoms with Gasteiger partial charge in [-0.05, 0) is 23.8 Å². The molecule has 1 N–H and O–H groups in total. The monoisotopic (exact) mass is 251 g/mol. The number of rotatable bonds is 6. The molecule has 1 aliphatic heterocycles. The average molecular weight is 251 g/mol. The highest BCUT2D eigenvalue weighted by atomic mass is 16.5. The lowest BCUT2D eigenvalue weighted by atomic mass is 10.1. The maximum atomic E-state index is 11.6. The number of carbonyl (C=O) groups excluding carboxylic acids is 1. The Labute approximate surface area is 106 Å². The number of hydrogen-bond acceptors (Lipinski definition) is 4. The maximum Gasteiger partial charge on any atom is 0.250 e. The molecule has 2 rings (SSSR count). The standard InChI is InChI=1S/C13H17NO4/c1-16-6-7-17-9-13(15)14-11-2-3-12-10(8-11)4-5-18-12/h2-3,8H,4-7,9H2,1H3,(H,14,15). The molecule has 18 heavy (non-hydrogen) atoms. The third-order valence-corrected chi connectivity index (χ3v) is 2.64. The third-order valence-electron chi connectivity index (χ3n) is 2.64. The van der Waals surface area contributed by atoms with Crippen LogP contribution in [0.25, 0.3) is 0 Å². The summed E-state index contributed by atoms with van der Waals surface area (Å²) in [4.78, 5) is 11.6. The van der Waals surface area contributed by atoms with Crippen molar-refractivity contribution in [2.75, 3.05) is 38.9 Å². The SMILES string of the molecule is COCCOCC(=O)Nc1ccc2c(c1)CCO2. The van der Waals surface area contributed by atoms with Crippen LogP contribution in [0.1, 0.15) is 5.56 Å². The number of methoxy groups -OCH3 is 1. The van der Waals surface area contributed by atoms with Crippen molar-refractivity contribution < 1.29 is 19.0 Å². The van der Waals surface area contributed by atoms with Crippen LogP contribution in [0.3, 0.4) is 0 Å². The van der Waals surface area contributed by atoms with E-state index in [9.17, 15) is 4.79 Å². The van der Waals surface area contributed by atoms with E-state index in [1.54, 1.807) is 7.11 Å². The molecule has 1 aromatic rings. The Kier molecular flexibility index (Phi) is 4.55. The van der Waals surface area contributed by atoms with Gasteiger partial charge < -0.3 is 19.5 Å². The van der Waals surface area contributed by atoms with Gasteiger partial charge in [0.15, 0.2) is 0 Å². The first-order chi connectivity index (χ1) is 8.79. The third kappa shape index (κ3) is 3.45. The van der Waals surface area contributed by atoms with Crippen LogP contribution in [0, 0.1) is 0 Å². The minimum atomic E-state index is -0.162. The molecule has 5 nitrogen and oxygen atoms in total. The van der Waals surface area contributed by atoms with Crippen LogP contribution >= 0.6 is 0 Å². The van der Waals surface area contributed by atoms with Gasteiger partial charge in [-0.3, -0.25) is 4.79 Å². The zero-order valence-corrected chi connectivity index (χ0v) is 10.4. The van der Waals surface area contributed by atoms with E-state index in [0.29, 0.717) is 19.8 Å². The van der Waals surface area contributed by atoms with Gasteiger partial charge in [-0.15, -0.1) is 0 Å². The Hall–Kier alpha value is -1.59. The van der Waals surface area contributed by atoms with Crippen molar-refractivity contribution in [2.45, 2.75) is 6.42 Å². The summed E-state index contributed by atoms with van der Waals surface area (Å²) in [5.74, 6) is 0.745. The van der Waals surface area contributed by atoms with Crippen molar-refractivity contribution in [1.29, 1.82) is 0 Å². The molecule has 0 atom stereocenters. The van der Waals surface area contributed by atoms with E-state index in [1.807, 2.05) is 18.2 Å². The fourth-order valence-electron chi connectivity index (χ4n) is 1.77. The fraction of sp³-hybridized carbons (Fsp3) is 0.462. The lowest BCUT2D eigenvalue weighted by Crippen LogP contribution is -2.19. The lowest BCUT2D eigenvalue weighted by Gasteiger charge is -2.07. The Morgan fingerprint density at radius 1 is 1.44 bits per heavy atom. The highest BCUT2D eigenvalue weighted by Gasteiger charge is 2.12. The first-order valence-electron chi connectivity index (χ1n) is 5.92. The summed E-state index contributed by atoms with van der Waals surface area (Å²) < 4.78 is 15.4. The second kappa shape index (κ2) is 6.37. The van der Waals surface area contributed by atoms with Gasteiger partial charge in [-0.2, -0.15) is 0 Å². The van der Waals surface area contributed by atoms with Crippen LogP contribution in [0.15, 0.2) is 18.2 Å². The second-order valence-electron chi connectivity index (χ2n) is 4.01. The summed E-state index contributed by atoms with van der Waals surface area (Å²) in [6.45, 7) is 1.66.